The first kappa shape index (κ1) is 22.3. The highest BCUT2D eigenvalue weighted by molar-refractivity contribution is 5.76. The van der Waals surface area contributed by atoms with E-state index in [9.17, 15) is 27.2 Å². The molecule has 4 nitrogen and oxygen atoms in total. The minimum absolute atomic E-state index is 0.467. The predicted octanol–water partition coefficient (Wildman–Crippen LogP) is 4.47. The van der Waals surface area contributed by atoms with E-state index in [1.165, 1.54) is 18.2 Å². The minimum atomic E-state index is -4.64. The zero-order valence-electron chi connectivity index (χ0n) is 16.6. The summed E-state index contributed by atoms with van der Waals surface area (Å²) in [4.78, 5) is 24.6. The summed E-state index contributed by atoms with van der Waals surface area (Å²) >= 11 is 0. The molecule has 1 amide bonds. The Morgan fingerprint density at radius 2 is 1.74 bits per heavy atom. The molecule has 2 aromatic carbocycles. The first-order chi connectivity index (χ1) is 14.7. The lowest BCUT2D eigenvalue weighted by Crippen LogP contribution is -2.35. The number of halogens is 4. The molecule has 1 unspecified atom stereocenters. The van der Waals surface area contributed by atoms with E-state index >= 15 is 0 Å². The summed E-state index contributed by atoms with van der Waals surface area (Å²) in [7, 11) is 0. The quantitative estimate of drug-likeness (QED) is 0.585. The Balaban J connectivity index is 1.89. The summed E-state index contributed by atoms with van der Waals surface area (Å²) in [6.45, 7) is 1.38. The van der Waals surface area contributed by atoms with Crippen molar-refractivity contribution in [2.75, 3.05) is 0 Å². The average molecular weight is 432 g/mol. The molecule has 0 aliphatic carbocycles. The first-order valence-corrected chi connectivity index (χ1v) is 9.58. The van der Waals surface area contributed by atoms with Gasteiger partial charge in [0.1, 0.15) is 12.4 Å². The van der Waals surface area contributed by atoms with Crippen molar-refractivity contribution >= 4 is 5.91 Å². The molecule has 0 aliphatic heterocycles. The SMILES string of the molecule is CCc1ccc(C(NC(=O)Cn2cc(C(F)(F)F)ccc2=O)c2cccc(F)c2)cc1. The standard InChI is InChI=1S/C23H20F4N2O2/c1-2-15-6-8-16(9-7-15)22(17-4-3-5-19(24)12-17)28-20(30)14-29-13-18(23(25,26)27)10-11-21(29)31/h3-13,22H,2,14H2,1H3,(H,28,30). The summed E-state index contributed by atoms with van der Waals surface area (Å²) in [5.74, 6) is -1.17. The molecule has 0 aliphatic rings. The van der Waals surface area contributed by atoms with Gasteiger partial charge in [-0.25, -0.2) is 4.39 Å². The number of aryl methyl sites for hydroxylation is 1. The Morgan fingerprint density at radius 3 is 2.35 bits per heavy atom. The maximum Gasteiger partial charge on any atom is 0.417 e. The molecule has 1 aromatic heterocycles. The predicted molar refractivity (Wildman–Crippen MR) is 108 cm³/mol. The number of carbonyl (C=O) groups is 1. The summed E-state index contributed by atoms with van der Waals surface area (Å²) in [6.07, 6.45) is -3.22. The van der Waals surface area contributed by atoms with E-state index in [-0.39, 0.29) is 0 Å². The van der Waals surface area contributed by atoms with E-state index in [0.29, 0.717) is 28.0 Å². The summed E-state index contributed by atoms with van der Waals surface area (Å²) in [6, 6.07) is 13.7. The monoisotopic (exact) mass is 432 g/mol. The Morgan fingerprint density at radius 1 is 1.03 bits per heavy atom. The Kier molecular flexibility index (Phi) is 6.58. The number of carbonyl (C=O) groups excluding carboxylic acids is 1. The van der Waals surface area contributed by atoms with Gasteiger partial charge in [0, 0.05) is 12.3 Å². The second-order valence-corrected chi connectivity index (χ2v) is 7.03. The Bertz CT molecular complexity index is 1120. The van der Waals surface area contributed by atoms with Gasteiger partial charge in [-0.2, -0.15) is 13.2 Å². The van der Waals surface area contributed by atoms with E-state index in [0.717, 1.165) is 18.1 Å². The van der Waals surface area contributed by atoms with Crippen molar-refractivity contribution in [2.45, 2.75) is 32.1 Å². The van der Waals surface area contributed by atoms with Crippen LogP contribution in [0.2, 0.25) is 0 Å². The second-order valence-electron chi connectivity index (χ2n) is 7.03. The molecule has 0 saturated heterocycles. The highest BCUT2D eigenvalue weighted by Crippen LogP contribution is 2.28. The highest BCUT2D eigenvalue weighted by Gasteiger charge is 2.31. The molecule has 0 bridgehead atoms. The minimum Gasteiger partial charge on any atom is -0.344 e. The molecule has 0 fully saturated rings. The highest BCUT2D eigenvalue weighted by atomic mass is 19.4. The van der Waals surface area contributed by atoms with Crippen molar-refractivity contribution in [3.8, 4) is 0 Å². The second kappa shape index (κ2) is 9.16. The lowest BCUT2D eigenvalue weighted by molar-refractivity contribution is -0.138. The van der Waals surface area contributed by atoms with Gasteiger partial charge >= 0.3 is 6.18 Å². The van der Waals surface area contributed by atoms with E-state index < -0.39 is 41.6 Å². The summed E-state index contributed by atoms with van der Waals surface area (Å²) in [5, 5.41) is 2.70. The van der Waals surface area contributed by atoms with Crippen LogP contribution in [0.5, 0.6) is 0 Å². The largest absolute Gasteiger partial charge is 0.417 e. The lowest BCUT2D eigenvalue weighted by Gasteiger charge is -2.21. The number of hydrogen-bond donors (Lipinski definition) is 1. The van der Waals surface area contributed by atoms with Crippen LogP contribution in [0.1, 0.15) is 35.2 Å². The number of amides is 1. The molecular formula is C23H20F4N2O2. The number of hydrogen-bond acceptors (Lipinski definition) is 2. The number of nitrogens with one attached hydrogen (secondary N) is 1. The normalized spacial score (nSPS) is 12.4. The van der Waals surface area contributed by atoms with Crippen LogP contribution in [0.3, 0.4) is 0 Å². The molecule has 31 heavy (non-hydrogen) atoms. The molecule has 3 rings (SSSR count). The molecule has 162 valence electrons. The van der Waals surface area contributed by atoms with E-state index in [1.54, 1.807) is 18.2 Å². The van der Waals surface area contributed by atoms with E-state index in [2.05, 4.69) is 5.32 Å². The lowest BCUT2D eigenvalue weighted by atomic mass is 9.97. The molecular weight excluding hydrogens is 412 g/mol. The fourth-order valence-corrected chi connectivity index (χ4v) is 3.17. The third-order valence-corrected chi connectivity index (χ3v) is 4.83. The Hall–Kier alpha value is -3.42. The van der Waals surface area contributed by atoms with Crippen LogP contribution in [0.25, 0.3) is 0 Å². The smallest absolute Gasteiger partial charge is 0.344 e. The van der Waals surface area contributed by atoms with Gasteiger partial charge in [-0.3, -0.25) is 9.59 Å². The van der Waals surface area contributed by atoms with Crippen LogP contribution < -0.4 is 10.9 Å². The zero-order valence-corrected chi connectivity index (χ0v) is 16.6. The molecule has 1 N–H and O–H groups in total. The van der Waals surface area contributed by atoms with Crippen molar-refractivity contribution in [1.82, 2.24) is 9.88 Å². The summed E-state index contributed by atoms with van der Waals surface area (Å²) < 4.78 is 53.3. The van der Waals surface area contributed by atoms with Gasteiger partial charge in [-0.05, 0) is 41.3 Å². The zero-order chi connectivity index (χ0) is 22.6. The van der Waals surface area contributed by atoms with Crippen LogP contribution in [0, 0.1) is 5.82 Å². The molecule has 1 atom stereocenters. The van der Waals surface area contributed by atoms with Crippen molar-refractivity contribution < 1.29 is 22.4 Å². The molecule has 0 spiro atoms. The van der Waals surface area contributed by atoms with Gasteiger partial charge < -0.3 is 9.88 Å². The van der Waals surface area contributed by atoms with Crippen molar-refractivity contribution in [1.29, 1.82) is 0 Å². The van der Waals surface area contributed by atoms with Gasteiger partial charge in [0.05, 0.1) is 11.6 Å². The van der Waals surface area contributed by atoms with Gasteiger partial charge in [0.15, 0.2) is 0 Å². The molecule has 3 aromatic rings. The van der Waals surface area contributed by atoms with Gasteiger partial charge in [-0.1, -0.05) is 43.3 Å². The average Bonchev–Trinajstić information content (AvgIpc) is 2.73. The topological polar surface area (TPSA) is 51.1 Å². The number of benzene rings is 2. The van der Waals surface area contributed by atoms with Gasteiger partial charge in [0.2, 0.25) is 5.91 Å². The van der Waals surface area contributed by atoms with Crippen molar-refractivity contribution in [3.63, 3.8) is 0 Å². The number of alkyl halides is 3. The third-order valence-electron chi connectivity index (χ3n) is 4.83. The van der Waals surface area contributed by atoms with Crippen LogP contribution in [0.4, 0.5) is 17.6 Å². The van der Waals surface area contributed by atoms with Crippen LogP contribution in [-0.2, 0) is 23.9 Å². The number of nitrogens with zero attached hydrogens (tertiary/aromatic N) is 1. The maximum atomic E-state index is 13.8. The molecule has 0 saturated carbocycles. The van der Waals surface area contributed by atoms with Crippen molar-refractivity contribution in [3.05, 3.63) is 105 Å². The fourth-order valence-electron chi connectivity index (χ4n) is 3.17. The molecule has 8 heteroatoms. The van der Waals surface area contributed by atoms with Crippen molar-refractivity contribution in [2.24, 2.45) is 0 Å². The van der Waals surface area contributed by atoms with Crippen LogP contribution >= 0.6 is 0 Å². The number of aromatic nitrogens is 1. The van der Waals surface area contributed by atoms with Crippen LogP contribution in [0.15, 0.2) is 71.7 Å². The molecule has 1 heterocycles. The fraction of sp³-hybridized carbons (Fsp3) is 0.217. The van der Waals surface area contributed by atoms with E-state index in [4.69, 9.17) is 0 Å². The number of pyridine rings is 1. The van der Waals surface area contributed by atoms with E-state index in [1.807, 2.05) is 19.1 Å². The van der Waals surface area contributed by atoms with Crippen LogP contribution in [-0.4, -0.2) is 10.5 Å². The van der Waals surface area contributed by atoms with Gasteiger partial charge in [0.25, 0.3) is 5.56 Å². The maximum absolute atomic E-state index is 13.8. The molecule has 0 radical (unpaired) electrons. The Labute approximate surface area is 176 Å². The summed E-state index contributed by atoms with van der Waals surface area (Å²) in [5.41, 5.74) is 0.444. The third kappa shape index (κ3) is 5.59. The van der Waals surface area contributed by atoms with Gasteiger partial charge in [-0.15, -0.1) is 0 Å². The number of rotatable bonds is 6. The first-order valence-electron chi connectivity index (χ1n) is 9.58.